The standard InChI is InChI=1S/C38H22O2/c1-2-12-25-23(10-1)11-9-18-27(25)37-28-14-3-5-16-30(28)38(31-17-6-4-15-29(31)37)36-21-24-20-35-32(22-34(24)40-36)26-13-7-8-19-33(26)39-35/h1-22H/i1D,2D,3D,4D,5D,6D,9D,10D,11D,12D,14D,15D,16D,17D,18D. The van der Waals surface area contributed by atoms with Crippen LogP contribution in [0.3, 0.4) is 0 Å². The Labute approximate surface area is 250 Å². The van der Waals surface area contributed by atoms with Crippen molar-refractivity contribution in [2.75, 3.05) is 0 Å². The smallest absolute Gasteiger partial charge is 0.136 e. The largest absolute Gasteiger partial charge is 0.456 e. The van der Waals surface area contributed by atoms with Gasteiger partial charge in [0.1, 0.15) is 22.5 Å². The van der Waals surface area contributed by atoms with Crippen LogP contribution in [0, 0.1) is 0 Å². The first kappa shape index (κ1) is 11.8. The van der Waals surface area contributed by atoms with Gasteiger partial charge >= 0.3 is 0 Å². The van der Waals surface area contributed by atoms with E-state index < -0.39 is 107 Å². The van der Waals surface area contributed by atoms with Gasteiger partial charge in [0.05, 0.1) is 20.6 Å². The molecule has 0 fully saturated rings. The van der Waals surface area contributed by atoms with Gasteiger partial charge in [-0.3, -0.25) is 0 Å². The molecule has 40 heavy (non-hydrogen) atoms. The molecule has 0 N–H and O–H groups in total. The molecule has 2 aromatic heterocycles. The summed E-state index contributed by atoms with van der Waals surface area (Å²) < 4.78 is 145. The van der Waals surface area contributed by atoms with Crippen molar-refractivity contribution < 1.29 is 29.4 Å². The molecule has 0 radical (unpaired) electrons. The second-order valence-electron chi connectivity index (χ2n) is 9.35. The van der Waals surface area contributed by atoms with Gasteiger partial charge < -0.3 is 8.83 Å². The summed E-state index contributed by atoms with van der Waals surface area (Å²) in [4.78, 5) is 0. The fourth-order valence-electron chi connectivity index (χ4n) is 5.50. The van der Waals surface area contributed by atoms with Gasteiger partial charge in [0.2, 0.25) is 0 Å². The molecule has 0 saturated carbocycles. The van der Waals surface area contributed by atoms with E-state index in [2.05, 4.69) is 0 Å². The van der Waals surface area contributed by atoms with E-state index in [-0.39, 0.29) is 38.4 Å². The number of benzene rings is 7. The average molecular weight is 526 g/mol. The molecule has 0 bridgehead atoms. The first-order valence-electron chi connectivity index (χ1n) is 19.9. The molecule has 0 saturated heterocycles. The van der Waals surface area contributed by atoms with Gasteiger partial charge in [0.25, 0.3) is 0 Å². The topological polar surface area (TPSA) is 26.3 Å². The van der Waals surface area contributed by atoms with E-state index >= 15 is 0 Å². The van der Waals surface area contributed by atoms with Crippen LogP contribution in [0.2, 0.25) is 0 Å². The SMILES string of the molecule is [2H]c1c([2H])c([2H])c2c(-c3c4c([2H])c([2H])c([2H])c([2H])c4c(-c4cc5cc6oc7ccccc7c6cc5o4)c4c([2H])c([2H])c([2H])c([2H])c34)c([2H])c([2H])c([2H])c2c1[2H]. The van der Waals surface area contributed by atoms with Crippen LogP contribution in [0.5, 0.6) is 0 Å². The van der Waals surface area contributed by atoms with Gasteiger partial charge in [-0.1, -0.05) is 109 Å². The summed E-state index contributed by atoms with van der Waals surface area (Å²) in [5, 5.41) is -0.0480. The van der Waals surface area contributed by atoms with Gasteiger partial charge in [-0.25, -0.2) is 0 Å². The second kappa shape index (κ2) is 8.08. The summed E-state index contributed by atoms with van der Waals surface area (Å²) in [5.41, 5.74) is 0.536. The lowest BCUT2D eigenvalue weighted by molar-refractivity contribution is 0.633. The minimum Gasteiger partial charge on any atom is -0.456 e. The monoisotopic (exact) mass is 525 g/mol. The highest BCUT2D eigenvalue weighted by molar-refractivity contribution is 6.23. The molecule has 9 rings (SSSR count). The summed E-state index contributed by atoms with van der Waals surface area (Å²) in [6.07, 6.45) is 0. The number of rotatable bonds is 2. The van der Waals surface area contributed by atoms with Crippen LogP contribution in [0.15, 0.2) is 142 Å². The molecule has 0 aliphatic carbocycles. The number of hydrogen-bond acceptors (Lipinski definition) is 2. The van der Waals surface area contributed by atoms with Crippen LogP contribution < -0.4 is 0 Å². The Morgan fingerprint density at radius 2 is 1.07 bits per heavy atom. The lowest BCUT2D eigenvalue weighted by Crippen LogP contribution is -1.90. The van der Waals surface area contributed by atoms with Crippen molar-refractivity contribution in [1.82, 2.24) is 0 Å². The third-order valence-electron chi connectivity index (χ3n) is 7.20. The van der Waals surface area contributed by atoms with Crippen molar-refractivity contribution in [2.45, 2.75) is 0 Å². The Morgan fingerprint density at radius 1 is 0.425 bits per heavy atom. The van der Waals surface area contributed by atoms with Crippen molar-refractivity contribution in [3.05, 3.63) is 133 Å². The summed E-state index contributed by atoms with van der Waals surface area (Å²) in [5.74, 6) is -0.0240. The molecule has 0 aliphatic rings. The van der Waals surface area contributed by atoms with E-state index in [0.29, 0.717) is 22.1 Å². The lowest BCUT2D eigenvalue weighted by Gasteiger charge is -2.17. The molecule has 0 atom stereocenters. The first-order chi connectivity index (χ1) is 26.1. The van der Waals surface area contributed by atoms with Crippen LogP contribution in [0.4, 0.5) is 0 Å². The lowest BCUT2D eigenvalue weighted by atomic mass is 9.86. The van der Waals surface area contributed by atoms with E-state index in [0.717, 1.165) is 10.8 Å². The molecule has 186 valence electrons. The van der Waals surface area contributed by atoms with Crippen LogP contribution >= 0.6 is 0 Å². The molecular weight excluding hydrogens is 488 g/mol. The maximum absolute atomic E-state index is 9.26. The maximum atomic E-state index is 9.26. The van der Waals surface area contributed by atoms with Gasteiger partial charge in [0, 0.05) is 21.7 Å². The fraction of sp³-hybridized carbons (Fsp3) is 0. The van der Waals surface area contributed by atoms with E-state index in [1.807, 2.05) is 24.3 Å². The van der Waals surface area contributed by atoms with Crippen molar-refractivity contribution >= 4 is 65.2 Å². The highest BCUT2D eigenvalue weighted by Crippen LogP contribution is 2.46. The van der Waals surface area contributed by atoms with E-state index in [1.165, 1.54) is 0 Å². The predicted molar refractivity (Wildman–Crippen MR) is 167 cm³/mol. The minimum atomic E-state index is -0.770. The predicted octanol–water partition coefficient (Wildman–Crippen LogP) is 11.1. The zero-order valence-corrected chi connectivity index (χ0v) is 20.4. The molecule has 2 nitrogen and oxygen atoms in total. The Balaban J connectivity index is 1.58. The summed E-state index contributed by atoms with van der Waals surface area (Å²) in [6, 6.07) is 1.89. The average Bonchev–Trinajstić information content (AvgIpc) is 3.76. The molecule has 0 amide bonds. The summed E-state index contributed by atoms with van der Waals surface area (Å²) >= 11 is 0. The molecule has 2 heterocycles. The van der Waals surface area contributed by atoms with Gasteiger partial charge in [-0.15, -0.1) is 0 Å². The van der Waals surface area contributed by atoms with E-state index in [9.17, 15) is 5.48 Å². The van der Waals surface area contributed by atoms with Crippen molar-refractivity contribution in [1.29, 1.82) is 0 Å². The van der Waals surface area contributed by atoms with E-state index in [1.54, 1.807) is 18.2 Å². The van der Waals surface area contributed by atoms with Crippen LogP contribution in [-0.4, -0.2) is 0 Å². The number of para-hydroxylation sites is 1. The van der Waals surface area contributed by atoms with Crippen molar-refractivity contribution in [2.24, 2.45) is 0 Å². The first-order valence-corrected chi connectivity index (χ1v) is 12.4. The molecular formula is C38H22O2. The maximum Gasteiger partial charge on any atom is 0.136 e. The zero-order chi connectivity index (χ0) is 39.3. The fourth-order valence-corrected chi connectivity index (χ4v) is 5.50. The highest BCUT2D eigenvalue weighted by atomic mass is 16.3. The van der Waals surface area contributed by atoms with Gasteiger partial charge in [0.15, 0.2) is 0 Å². The Hall–Kier alpha value is -5.34. The van der Waals surface area contributed by atoms with Crippen LogP contribution in [0.25, 0.3) is 87.7 Å². The van der Waals surface area contributed by atoms with Crippen molar-refractivity contribution in [3.8, 4) is 22.5 Å². The molecule has 2 heteroatoms. The van der Waals surface area contributed by atoms with Crippen LogP contribution in [-0.2, 0) is 0 Å². The highest BCUT2D eigenvalue weighted by Gasteiger charge is 2.20. The summed E-state index contributed by atoms with van der Waals surface area (Å²) in [7, 11) is 0. The van der Waals surface area contributed by atoms with Gasteiger partial charge in [-0.05, 0) is 67.7 Å². The van der Waals surface area contributed by atoms with Crippen molar-refractivity contribution in [3.63, 3.8) is 0 Å². The number of fused-ring (bicyclic) bond motifs is 7. The molecule has 0 aliphatic heterocycles. The normalized spacial score (nSPS) is 17.2. The molecule has 9 aromatic rings. The summed E-state index contributed by atoms with van der Waals surface area (Å²) in [6.45, 7) is 0. The Bertz CT molecular complexity index is 3180. The minimum absolute atomic E-state index is 0.0240. The molecule has 0 unspecified atom stereocenters. The quantitative estimate of drug-likeness (QED) is 0.210. The van der Waals surface area contributed by atoms with E-state index in [4.69, 9.17) is 23.9 Å². The third-order valence-corrected chi connectivity index (χ3v) is 7.20. The Kier molecular flexibility index (Phi) is 2.39. The van der Waals surface area contributed by atoms with Crippen LogP contribution in [0.1, 0.15) is 20.6 Å². The molecule has 0 spiro atoms. The zero-order valence-electron chi connectivity index (χ0n) is 35.4. The Morgan fingerprint density at radius 3 is 1.85 bits per heavy atom. The van der Waals surface area contributed by atoms with Gasteiger partial charge in [-0.2, -0.15) is 0 Å². The number of hydrogen-bond donors (Lipinski definition) is 0. The number of furan rings is 2. The molecule has 7 aromatic carbocycles. The second-order valence-corrected chi connectivity index (χ2v) is 9.35. The third kappa shape index (κ3) is 2.99.